The van der Waals surface area contributed by atoms with Gasteiger partial charge in [0.05, 0.1) is 16.3 Å². The van der Waals surface area contributed by atoms with E-state index in [1.807, 2.05) is 56.0 Å². The first kappa shape index (κ1) is 18.0. The molecule has 1 amide bonds. The summed E-state index contributed by atoms with van der Waals surface area (Å²) in [5, 5.41) is 2.91. The number of fused-ring (bicyclic) bond motifs is 3. The van der Waals surface area contributed by atoms with Gasteiger partial charge in [0.25, 0.3) is 0 Å². The van der Waals surface area contributed by atoms with Crippen molar-refractivity contribution in [2.75, 3.05) is 16.8 Å². The van der Waals surface area contributed by atoms with Crippen LogP contribution in [0, 0.1) is 20.8 Å². The molecule has 27 heavy (non-hydrogen) atoms. The largest absolute Gasteiger partial charge is 0.356 e. The molecule has 6 nitrogen and oxygen atoms in total. The lowest BCUT2D eigenvalue weighted by atomic mass is 10.1. The Morgan fingerprint density at radius 3 is 2.56 bits per heavy atom. The molecule has 2 atom stereocenters. The molecule has 0 aliphatic carbocycles. The van der Waals surface area contributed by atoms with E-state index in [0.717, 1.165) is 28.1 Å². The standard InChI is InChI=1S/C20H23N3O3S/c1-12-8-14(3)19(9-13(12)2)27(25,26)22-15-10-18-20(24)21-16-6-4-5-7-17(16)23(18)11-15/h4-9,15,18,22H,10-11H2,1-3H3,(H,21,24). The smallest absolute Gasteiger partial charge is 0.247 e. The zero-order valence-electron chi connectivity index (χ0n) is 15.6. The molecule has 2 aromatic carbocycles. The van der Waals surface area contributed by atoms with Crippen LogP contribution in [0.1, 0.15) is 23.1 Å². The molecular formula is C20H23N3O3S. The molecule has 142 valence electrons. The van der Waals surface area contributed by atoms with Crippen molar-refractivity contribution in [3.8, 4) is 0 Å². The fourth-order valence-electron chi connectivity index (χ4n) is 3.99. The average molecular weight is 385 g/mol. The lowest BCUT2D eigenvalue weighted by molar-refractivity contribution is -0.117. The molecule has 0 saturated carbocycles. The molecule has 2 aromatic rings. The number of hydrogen-bond acceptors (Lipinski definition) is 4. The van der Waals surface area contributed by atoms with Crippen LogP contribution in [0.2, 0.25) is 0 Å². The van der Waals surface area contributed by atoms with E-state index in [4.69, 9.17) is 0 Å². The fourth-order valence-corrected chi connectivity index (χ4v) is 5.54. The van der Waals surface area contributed by atoms with Crippen molar-refractivity contribution in [1.29, 1.82) is 0 Å². The van der Waals surface area contributed by atoms with E-state index in [1.165, 1.54) is 0 Å². The summed E-state index contributed by atoms with van der Waals surface area (Å²) in [7, 11) is -3.66. The topological polar surface area (TPSA) is 78.5 Å². The first-order valence-corrected chi connectivity index (χ1v) is 10.5. The number of nitrogens with one attached hydrogen (secondary N) is 2. The first-order chi connectivity index (χ1) is 12.8. The number of carbonyl (C=O) groups is 1. The van der Waals surface area contributed by atoms with Gasteiger partial charge in [-0.1, -0.05) is 18.2 Å². The van der Waals surface area contributed by atoms with Crippen LogP contribution in [-0.4, -0.2) is 33.0 Å². The van der Waals surface area contributed by atoms with Crippen molar-refractivity contribution in [3.63, 3.8) is 0 Å². The van der Waals surface area contributed by atoms with Crippen molar-refractivity contribution in [3.05, 3.63) is 53.1 Å². The lowest BCUT2D eigenvalue weighted by Gasteiger charge is -2.32. The van der Waals surface area contributed by atoms with Gasteiger partial charge in [-0.3, -0.25) is 4.79 Å². The number of amides is 1. The highest BCUT2D eigenvalue weighted by Crippen LogP contribution is 2.36. The second-order valence-electron chi connectivity index (χ2n) is 7.43. The number of anilines is 2. The van der Waals surface area contributed by atoms with Crippen molar-refractivity contribution < 1.29 is 13.2 Å². The molecular weight excluding hydrogens is 362 g/mol. The first-order valence-electron chi connectivity index (χ1n) is 9.03. The Hall–Kier alpha value is -2.38. The number of nitrogens with zero attached hydrogens (tertiary/aromatic N) is 1. The van der Waals surface area contributed by atoms with Crippen LogP contribution in [0.15, 0.2) is 41.3 Å². The van der Waals surface area contributed by atoms with E-state index in [2.05, 4.69) is 10.0 Å². The van der Waals surface area contributed by atoms with Gasteiger partial charge < -0.3 is 10.2 Å². The fraction of sp³-hybridized carbons (Fsp3) is 0.350. The van der Waals surface area contributed by atoms with Gasteiger partial charge in [0.1, 0.15) is 6.04 Å². The van der Waals surface area contributed by atoms with E-state index in [-0.39, 0.29) is 18.0 Å². The SMILES string of the molecule is Cc1cc(C)c(S(=O)(=O)NC2CC3C(=O)Nc4ccccc4N3C2)cc1C. The summed E-state index contributed by atoms with van der Waals surface area (Å²) < 4.78 is 28.8. The number of hydrogen-bond donors (Lipinski definition) is 2. The minimum absolute atomic E-state index is 0.0854. The van der Waals surface area contributed by atoms with Crippen LogP contribution < -0.4 is 14.9 Å². The maximum Gasteiger partial charge on any atom is 0.247 e. The van der Waals surface area contributed by atoms with E-state index in [9.17, 15) is 13.2 Å². The zero-order chi connectivity index (χ0) is 19.3. The monoisotopic (exact) mass is 385 g/mol. The predicted molar refractivity (Wildman–Crippen MR) is 106 cm³/mol. The maximum absolute atomic E-state index is 13.0. The van der Waals surface area contributed by atoms with E-state index in [0.29, 0.717) is 17.9 Å². The number of aryl methyl sites for hydroxylation is 3. The van der Waals surface area contributed by atoms with Gasteiger partial charge in [-0.2, -0.15) is 0 Å². The Bertz CT molecular complexity index is 1030. The number of sulfonamides is 1. The Kier molecular flexibility index (Phi) is 4.24. The molecule has 2 aliphatic heterocycles. The van der Waals surface area contributed by atoms with Gasteiger partial charge in [-0.05, 0) is 62.1 Å². The van der Waals surface area contributed by atoms with Crippen LogP contribution in [0.4, 0.5) is 11.4 Å². The number of rotatable bonds is 3. The van der Waals surface area contributed by atoms with Gasteiger partial charge in [-0.15, -0.1) is 0 Å². The maximum atomic E-state index is 13.0. The molecule has 2 heterocycles. The summed E-state index contributed by atoms with van der Waals surface area (Å²) in [5.74, 6) is -0.0854. The molecule has 0 bridgehead atoms. The molecule has 2 N–H and O–H groups in total. The van der Waals surface area contributed by atoms with Gasteiger partial charge in [0.15, 0.2) is 0 Å². The van der Waals surface area contributed by atoms with Gasteiger partial charge in [-0.25, -0.2) is 13.1 Å². The Labute approximate surface area is 159 Å². The Morgan fingerprint density at radius 2 is 1.78 bits per heavy atom. The summed E-state index contributed by atoms with van der Waals surface area (Å²) in [5.41, 5.74) is 4.44. The molecule has 2 unspecified atom stereocenters. The third kappa shape index (κ3) is 3.11. The van der Waals surface area contributed by atoms with Gasteiger partial charge >= 0.3 is 0 Å². The molecule has 1 fully saturated rings. The second kappa shape index (κ2) is 6.35. The van der Waals surface area contributed by atoms with Crippen molar-refractivity contribution in [2.45, 2.75) is 44.2 Å². The molecule has 0 aromatic heterocycles. The van der Waals surface area contributed by atoms with Crippen molar-refractivity contribution in [2.24, 2.45) is 0 Å². The van der Waals surface area contributed by atoms with Gasteiger partial charge in [0.2, 0.25) is 15.9 Å². The van der Waals surface area contributed by atoms with Crippen molar-refractivity contribution >= 4 is 27.3 Å². The highest BCUT2D eigenvalue weighted by molar-refractivity contribution is 7.89. The van der Waals surface area contributed by atoms with E-state index in [1.54, 1.807) is 6.07 Å². The highest BCUT2D eigenvalue weighted by Gasteiger charge is 2.42. The lowest BCUT2D eigenvalue weighted by Crippen LogP contribution is -2.44. The number of benzene rings is 2. The van der Waals surface area contributed by atoms with E-state index < -0.39 is 10.0 Å². The summed E-state index contributed by atoms with van der Waals surface area (Å²) in [6, 6.07) is 10.5. The molecule has 0 radical (unpaired) electrons. The third-order valence-electron chi connectivity index (χ3n) is 5.48. The van der Waals surface area contributed by atoms with Gasteiger partial charge in [0, 0.05) is 12.6 Å². The van der Waals surface area contributed by atoms with Crippen LogP contribution in [0.3, 0.4) is 0 Å². The van der Waals surface area contributed by atoms with Crippen LogP contribution in [0.5, 0.6) is 0 Å². The third-order valence-corrected chi connectivity index (χ3v) is 7.14. The molecule has 7 heteroatoms. The minimum atomic E-state index is -3.66. The number of carbonyl (C=O) groups excluding carboxylic acids is 1. The minimum Gasteiger partial charge on any atom is -0.356 e. The molecule has 4 rings (SSSR count). The Balaban J connectivity index is 1.60. The summed E-state index contributed by atoms with van der Waals surface area (Å²) in [4.78, 5) is 14.7. The quantitative estimate of drug-likeness (QED) is 0.851. The van der Waals surface area contributed by atoms with Crippen LogP contribution in [0.25, 0.3) is 0 Å². The molecule has 2 aliphatic rings. The molecule has 0 spiro atoms. The highest BCUT2D eigenvalue weighted by atomic mass is 32.2. The summed E-state index contributed by atoms with van der Waals surface area (Å²) in [6.07, 6.45) is 0.448. The zero-order valence-corrected chi connectivity index (χ0v) is 16.4. The normalized spacial score (nSPS) is 21.6. The number of para-hydroxylation sites is 2. The van der Waals surface area contributed by atoms with Crippen LogP contribution >= 0.6 is 0 Å². The Morgan fingerprint density at radius 1 is 1.07 bits per heavy atom. The second-order valence-corrected chi connectivity index (χ2v) is 9.11. The van der Waals surface area contributed by atoms with Crippen LogP contribution in [-0.2, 0) is 14.8 Å². The van der Waals surface area contributed by atoms with Crippen molar-refractivity contribution in [1.82, 2.24) is 4.72 Å². The molecule has 1 saturated heterocycles. The summed E-state index contributed by atoms with van der Waals surface area (Å²) in [6.45, 7) is 6.16. The van der Waals surface area contributed by atoms with E-state index >= 15 is 0 Å². The average Bonchev–Trinajstić information content (AvgIpc) is 3.02. The predicted octanol–water partition coefficient (Wildman–Crippen LogP) is 2.49. The summed E-state index contributed by atoms with van der Waals surface area (Å²) >= 11 is 0.